The van der Waals surface area contributed by atoms with Gasteiger partial charge in [-0.3, -0.25) is 9.59 Å². The summed E-state index contributed by atoms with van der Waals surface area (Å²) in [5, 5.41) is 0. The number of hydrogen-bond acceptors (Lipinski definition) is 4. The van der Waals surface area contributed by atoms with Crippen molar-refractivity contribution in [3.63, 3.8) is 0 Å². The minimum atomic E-state index is -0.00516. The number of ketones is 1. The quantitative estimate of drug-likeness (QED) is 0.787. The zero-order chi connectivity index (χ0) is 19.2. The Morgan fingerprint density at radius 2 is 1.81 bits per heavy atom. The van der Waals surface area contributed by atoms with Crippen molar-refractivity contribution in [2.45, 2.75) is 58.8 Å². The number of pyridine rings is 1. The van der Waals surface area contributed by atoms with E-state index in [0.29, 0.717) is 30.2 Å². The van der Waals surface area contributed by atoms with Gasteiger partial charge in [-0.05, 0) is 43.7 Å². The molecule has 0 unspecified atom stereocenters. The molecule has 0 N–H and O–H groups in total. The lowest BCUT2D eigenvalue weighted by Crippen LogP contribution is -2.42. The number of anilines is 1. The average Bonchev–Trinajstić information content (AvgIpc) is 2.97. The number of carbonyl (C=O) groups excluding carboxylic acids is 2. The first-order chi connectivity index (χ1) is 13.0. The summed E-state index contributed by atoms with van der Waals surface area (Å²) in [6, 6.07) is 3.87. The first kappa shape index (κ1) is 19.8. The summed E-state index contributed by atoms with van der Waals surface area (Å²) in [6.07, 6.45) is 9.13. The molecule has 5 nitrogen and oxygen atoms in total. The van der Waals surface area contributed by atoms with Crippen molar-refractivity contribution in [2.75, 3.05) is 31.1 Å². The Labute approximate surface area is 163 Å². The van der Waals surface area contributed by atoms with Crippen LogP contribution < -0.4 is 4.90 Å². The standard InChI is InChI=1S/C22H33N3O2/c1-17(2)14-20(26)19-8-7-13-25(16-19)22(27)18-9-10-21(23-15-18)24-11-5-3-4-6-12-24/h9-10,15,17,19H,3-8,11-14,16H2,1-2H3/t19-/m1/s1. The molecule has 0 aliphatic carbocycles. The molecule has 2 saturated heterocycles. The van der Waals surface area contributed by atoms with E-state index >= 15 is 0 Å². The molecule has 2 aliphatic heterocycles. The van der Waals surface area contributed by atoms with Crippen LogP contribution in [0.25, 0.3) is 0 Å². The Kier molecular flexibility index (Phi) is 6.86. The van der Waals surface area contributed by atoms with Gasteiger partial charge in [-0.2, -0.15) is 0 Å². The number of rotatable bonds is 5. The normalized spacial score (nSPS) is 21.2. The Bertz CT molecular complexity index is 633. The molecule has 3 heterocycles. The number of likely N-dealkylation sites (tertiary alicyclic amines) is 1. The highest BCUT2D eigenvalue weighted by Crippen LogP contribution is 2.23. The van der Waals surface area contributed by atoms with E-state index in [0.717, 1.165) is 38.3 Å². The molecule has 1 amide bonds. The fourth-order valence-electron chi connectivity index (χ4n) is 4.18. The summed E-state index contributed by atoms with van der Waals surface area (Å²) < 4.78 is 0. The van der Waals surface area contributed by atoms with Crippen molar-refractivity contribution in [1.82, 2.24) is 9.88 Å². The molecule has 0 bridgehead atoms. The van der Waals surface area contributed by atoms with Crippen LogP contribution in [0.15, 0.2) is 18.3 Å². The summed E-state index contributed by atoms with van der Waals surface area (Å²) in [7, 11) is 0. The Morgan fingerprint density at radius 3 is 2.44 bits per heavy atom. The van der Waals surface area contributed by atoms with Gasteiger partial charge in [0.05, 0.1) is 5.56 Å². The van der Waals surface area contributed by atoms with Crippen LogP contribution in [0.5, 0.6) is 0 Å². The van der Waals surface area contributed by atoms with Gasteiger partial charge in [-0.25, -0.2) is 4.98 Å². The molecule has 0 saturated carbocycles. The lowest BCUT2D eigenvalue weighted by Gasteiger charge is -2.32. The van der Waals surface area contributed by atoms with Crippen LogP contribution in [0, 0.1) is 11.8 Å². The lowest BCUT2D eigenvalue weighted by molar-refractivity contribution is -0.124. The highest BCUT2D eigenvalue weighted by molar-refractivity contribution is 5.94. The number of carbonyl (C=O) groups is 2. The van der Waals surface area contributed by atoms with Crippen LogP contribution in [0.4, 0.5) is 5.82 Å². The van der Waals surface area contributed by atoms with Gasteiger partial charge in [0.1, 0.15) is 11.6 Å². The molecule has 1 aromatic heterocycles. The Balaban J connectivity index is 1.62. The Hall–Kier alpha value is -1.91. The van der Waals surface area contributed by atoms with Gasteiger partial charge in [-0.15, -0.1) is 0 Å². The van der Waals surface area contributed by atoms with E-state index < -0.39 is 0 Å². The SMILES string of the molecule is CC(C)CC(=O)[C@@H]1CCCN(C(=O)c2ccc(N3CCCCCC3)nc2)C1. The molecule has 5 heteroatoms. The van der Waals surface area contributed by atoms with Crippen molar-refractivity contribution < 1.29 is 9.59 Å². The number of nitrogens with zero attached hydrogens (tertiary/aromatic N) is 3. The highest BCUT2D eigenvalue weighted by atomic mass is 16.2. The van der Waals surface area contributed by atoms with Crippen LogP contribution in [-0.2, 0) is 4.79 Å². The summed E-state index contributed by atoms with van der Waals surface area (Å²) in [5.74, 6) is 1.65. The van der Waals surface area contributed by atoms with Crippen LogP contribution in [0.2, 0.25) is 0 Å². The van der Waals surface area contributed by atoms with E-state index in [2.05, 4.69) is 23.7 Å². The first-order valence-electron chi connectivity index (χ1n) is 10.6. The molecule has 148 valence electrons. The fourth-order valence-corrected chi connectivity index (χ4v) is 4.18. The first-order valence-corrected chi connectivity index (χ1v) is 10.6. The van der Waals surface area contributed by atoms with E-state index in [1.807, 2.05) is 17.0 Å². The highest BCUT2D eigenvalue weighted by Gasteiger charge is 2.29. The molecule has 27 heavy (non-hydrogen) atoms. The second kappa shape index (κ2) is 9.34. The van der Waals surface area contributed by atoms with Gasteiger partial charge in [-0.1, -0.05) is 26.7 Å². The predicted octanol–water partition coefficient (Wildman–Crippen LogP) is 3.93. The van der Waals surface area contributed by atoms with Crippen LogP contribution in [-0.4, -0.2) is 47.8 Å². The number of piperidine rings is 1. The van der Waals surface area contributed by atoms with E-state index in [9.17, 15) is 9.59 Å². The van der Waals surface area contributed by atoms with Gasteiger partial charge >= 0.3 is 0 Å². The molecule has 0 aromatic carbocycles. The predicted molar refractivity (Wildman–Crippen MR) is 108 cm³/mol. The van der Waals surface area contributed by atoms with Crippen molar-refractivity contribution in [3.05, 3.63) is 23.9 Å². The number of aromatic nitrogens is 1. The van der Waals surface area contributed by atoms with Crippen LogP contribution >= 0.6 is 0 Å². The maximum absolute atomic E-state index is 12.9. The van der Waals surface area contributed by atoms with Crippen molar-refractivity contribution >= 4 is 17.5 Å². The van der Waals surface area contributed by atoms with E-state index in [-0.39, 0.29) is 11.8 Å². The molecular formula is C22H33N3O2. The van der Waals surface area contributed by atoms with Gasteiger partial charge < -0.3 is 9.80 Å². The second-order valence-electron chi connectivity index (χ2n) is 8.46. The fraction of sp³-hybridized carbons (Fsp3) is 0.682. The van der Waals surface area contributed by atoms with Crippen molar-refractivity contribution in [2.24, 2.45) is 11.8 Å². The lowest BCUT2D eigenvalue weighted by atomic mass is 9.89. The zero-order valence-corrected chi connectivity index (χ0v) is 16.8. The van der Waals surface area contributed by atoms with Crippen LogP contribution in [0.3, 0.4) is 0 Å². The number of hydrogen-bond donors (Lipinski definition) is 0. The van der Waals surface area contributed by atoms with Gasteiger partial charge in [0, 0.05) is 44.7 Å². The third-order valence-electron chi connectivity index (χ3n) is 5.70. The minimum Gasteiger partial charge on any atom is -0.357 e. The van der Waals surface area contributed by atoms with Gasteiger partial charge in [0.2, 0.25) is 0 Å². The molecule has 0 spiro atoms. The van der Waals surface area contributed by atoms with E-state index in [4.69, 9.17) is 0 Å². The molecular weight excluding hydrogens is 338 g/mol. The maximum atomic E-state index is 12.9. The van der Waals surface area contributed by atoms with Crippen molar-refractivity contribution in [3.8, 4) is 0 Å². The molecule has 1 atom stereocenters. The summed E-state index contributed by atoms with van der Waals surface area (Å²) in [4.78, 5) is 34.0. The number of Topliss-reactive ketones (excluding diaryl/α,β-unsaturated/α-hetero) is 1. The third-order valence-corrected chi connectivity index (χ3v) is 5.70. The monoisotopic (exact) mass is 371 g/mol. The Morgan fingerprint density at radius 1 is 1.07 bits per heavy atom. The summed E-state index contributed by atoms with van der Waals surface area (Å²) >= 11 is 0. The van der Waals surface area contributed by atoms with Crippen LogP contribution in [0.1, 0.15) is 69.2 Å². The third kappa shape index (κ3) is 5.30. The number of amides is 1. The molecule has 2 fully saturated rings. The average molecular weight is 372 g/mol. The van der Waals surface area contributed by atoms with Gasteiger partial charge in [0.15, 0.2) is 0 Å². The van der Waals surface area contributed by atoms with Gasteiger partial charge in [0.25, 0.3) is 5.91 Å². The topological polar surface area (TPSA) is 53.5 Å². The minimum absolute atomic E-state index is 0.00516. The largest absolute Gasteiger partial charge is 0.357 e. The smallest absolute Gasteiger partial charge is 0.255 e. The molecule has 0 radical (unpaired) electrons. The maximum Gasteiger partial charge on any atom is 0.255 e. The van der Waals surface area contributed by atoms with E-state index in [1.165, 1.54) is 25.7 Å². The molecule has 1 aromatic rings. The van der Waals surface area contributed by atoms with Crippen molar-refractivity contribution in [1.29, 1.82) is 0 Å². The molecule has 3 rings (SSSR count). The van der Waals surface area contributed by atoms with E-state index in [1.54, 1.807) is 6.20 Å². The zero-order valence-electron chi connectivity index (χ0n) is 16.8. The summed E-state index contributed by atoms with van der Waals surface area (Å²) in [6.45, 7) is 7.52. The summed E-state index contributed by atoms with van der Waals surface area (Å²) in [5.41, 5.74) is 0.630. The second-order valence-corrected chi connectivity index (χ2v) is 8.46. The molecule has 2 aliphatic rings.